The van der Waals surface area contributed by atoms with Gasteiger partial charge in [0.05, 0.1) is 11.6 Å². The quantitative estimate of drug-likeness (QED) is 0.884. The highest BCUT2D eigenvalue weighted by atomic mass is 16.2. The van der Waals surface area contributed by atoms with Crippen LogP contribution in [0.3, 0.4) is 0 Å². The van der Waals surface area contributed by atoms with E-state index in [9.17, 15) is 4.79 Å². The Morgan fingerprint density at radius 3 is 2.55 bits per heavy atom. The first-order valence-electron chi connectivity index (χ1n) is 6.93. The number of piperidine rings is 1. The molecule has 1 saturated heterocycles. The minimum absolute atomic E-state index is 0.0578. The molecule has 106 valence electrons. The molecule has 0 atom stereocenters. The summed E-state index contributed by atoms with van der Waals surface area (Å²) in [5, 5.41) is 14.8. The minimum atomic E-state index is -0.0578. The number of rotatable bonds is 3. The number of nitrogens with zero attached hydrogens (tertiary/aromatic N) is 2. The van der Waals surface area contributed by atoms with E-state index in [1.165, 1.54) is 0 Å². The van der Waals surface area contributed by atoms with Crippen LogP contribution in [-0.2, 0) is 0 Å². The Bertz CT molecular complexity index is 484. The Morgan fingerprint density at radius 2 is 2.00 bits per heavy atom. The second-order valence-electron chi connectivity index (χ2n) is 5.11. The van der Waals surface area contributed by atoms with Crippen LogP contribution in [0.4, 0.5) is 10.5 Å². The van der Waals surface area contributed by atoms with E-state index in [2.05, 4.69) is 16.7 Å². The third-order valence-corrected chi connectivity index (χ3v) is 3.66. The van der Waals surface area contributed by atoms with Gasteiger partial charge in [-0.25, -0.2) is 4.79 Å². The first-order chi connectivity index (χ1) is 9.72. The van der Waals surface area contributed by atoms with Crippen molar-refractivity contribution in [1.82, 2.24) is 10.2 Å². The van der Waals surface area contributed by atoms with Gasteiger partial charge in [-0.1, -0.05) is 0 Å². The van der Waals surface area contributed by atoms with Gasteiger partial charge >= 0.3 is 6.03 Å². The molecule has 1 aromatic carbocycles. The highest BCUT2D eigenvalue weighted by Gasteiger charge is 2.22. The van der Waals surface area contributed by atoms with Gasteiger partial charge in [-0.3, -0.25) is 0 Å². The third-order valence-electron chi connectivity index (χ3n) is 3.66. The molecule has 0 aliphatic carbocycles. The Hall–Kier alpha value is -2.06. The predicted octanol–water partition coefficient (Wildman–Crippen LogP) is 2.02. The predicted molar refractivity (Wildman–Crippen MR) is 78.4 cm³/mol. The van der Waals surface area contributed by atoms with Crippen molar-refractivity contribution in [2.24, 2.45) is 5.92 Å². The largest absolute Gasteiger partial charge is 0.325 e. The summed E-state index contributed by atoms with van der Waals surface area (Å²) in [5.41, 5.74) is 1.32. The van der Waals surface area contributed by atoms with Crippen LogP contribution in [0, 0.1) is 17.2 Å². The van der Waals surface area contributed by atoms with Crippen LogP contribution in [0.5, 0.6) is 0 Å². The molecule has 1 heterocycles. The van der Waals surface area contributed by atoms with Crippen molar-refractivity contribution in [2.45, 2.75) is 12.8 Å². The summed E-state index contributed by atoms with van der Waals surface area (Å²) in [5.74, 6) is 0.666. The van der Waals surface area contributed by atoms with Crippen molar-refractivity contribution in [3.05, 3.63) is 29.8 Å². The lowest BCUT2D eigenvalue weighted by atomic mass is 9.97. The molecule has 1 aliphatic heterocycles. The molecule has 0 radical (unpaired) electrons. The first-order valence-corrected chi connectivity index (χ1v) is 6.93. The Morgan fingerprint density at radius 1 is 1.35 bits per heavy atom. The molecule has 0 unspecified atom stereocenters. The second kappa shape index (κ2) is 6.92. The molecular weight excluding hydrogens is 252 g/mol. The fourth-order valence-electron chi connectivity index (χ4n) is 2.46. The normalized spacial score (nSPS) is 15.7. The average molecular weight is 272 g/mol. The van der Waals surface area contributed by atoms with Gasteiger partial charge in [-0.05, 0) is 56.6 Å². The van der Waals surface area contributed by atoms with Gasteiger partial charge in [0, 0.05) is 18.8 Å². The van der Waals surface area contributed by atoms with Crippen LogP contribution in [0.25, 0.3) is 0 Å². The van der Waals surface area contributed by atoms with Gasteiger partial charge in [-0.2, -0.15) is 5.26 Å². The molecule has 5 heteroatoms. The van der Waals surface area contributed by atoms with Crippen molar-refractivity contribution in [3.8, 4) is 6.07 Å². The second-order valence-corrected chi connectivity index (χ2v) is 5.11. The first kappa shape index (κ1) is 14.4. The number of urea groups is 1. The van der Waals surface area contributed by atoms with Crippen LogP contribution < -0.4 is 10.6 Å². The van der Waals surface area contributed by atoms with Crippen molar-refractivity contribution in [2.75, 3.05) is 32.0 Å². The number of carbonyl (C=O) groups excluding carboxylic acids is 1. The summed E-state index contributed by atoms with van der Waals surface area (Å²) in [4.78, 5) is 14.0. The molecular formula is C15H20N4O. The fourth-order valence-corrected chi connectivity index (χ4v) is 2.46. The van der Waals surface area contributed by atoms with Crippen LogP contribution in [0.15, 0.2) is 24.3 Å². The molecule has 5 nitrogen and oxygen atoms in total. The maximum absolute atomic E-state index is 12.1. The van der Waals surface area contributed by atoms with E-state index in [0.717, 1.165) is 38.2 Å². The lowest BCUT2D eigenvalue weighted by Crippen LogP contribution is -2.42. The number of nitrogens with one attached hydrogen (secondary N) is 2. The molecule has 0 bridgehead atoms. The maximum Gasteiger partial charge on any atom is 0.321 e. The Labute approximate surface area is 119 Å². The van der Waals surface area contributed by atoms with Gasteiger partial charge in [0.25, 0.3) is 0 Å². The number of amides is 2. The van der Waals surface area contributed by atoms with E-state index in [0.29, 0.717) is 11.5 Å². The summed E-state index contributed by atoms with van der Waals surface area (Å²) in [7, 11) is 1.96. The van der Waals surface area contributed by atoms with Crippen molar-refractivity contribution in [1.29, 1.82) is 5.26 Å². The molecule has 0 spiro atoms. The van der Waals surface area contributed by atoms with Crippen LogP contribution in [-0.4, -0.2) is 37.6 Å². The van der Waals surface area contributed by atoms with E-state index in [1.807, 2.05) is 11.9 Å². The van der Waals surface area contributed by atoms with E-state index >= 15 is 0 Å². The summed E-state index contributed by atoms with van der Waals surface area (Å²) in [6.07, 6.45) is 2.09. The molecule has 1 fully saturated rings. The van der Waals surface area contributed by atoms with Crippen molar-refractivity contribution >= 4 is 11.7 Å². The zero-order chi connectivity index (χ0) is 14.4. The molecule has 20 heavy (non-hydrogen) atoms. The van der Waals surface area contributed by atoms with Gasteiger partial charge in [0.15, 0.2) is 0 Å². The smallest absolute Gasteiger partial charge is 0.321 e. The standard InChI is InChI=1S/C15H20N4O/c1-17-11-13-6-8-19(9-7-13)15(20)18-14-4-2-12(10-16)3-5-14/h2-5,13,17H,6-9,11H2,1H3,(H,18,20). The topological polar surface area (TPSA) is 68.2 Å². The molecule has 1 aromatic rings. The Kier molecular flexibility index (Phi) is 4.97. The number of nitriles is 1. The molecule has 0 aromatic heterocycles. The van der Waals surface area contributed by atoms with Crippen LogP contribution in [0.1, 0.15) is 18.4 Å². The molecule has 2 N–H and O–H groups in total. The van der Waals surface area contributed by atoms with Gasteiger partial charge in [0.2, 0.25) is 0 Å². The number of benzene rings is 1. The van der Waals surface area contributed by atoms with Crippen molar-refractivity contribution in [3.63, 3.8) is 0 Å². The fraction of sp³-hybridized carbons (Fsp3) is 0.467. The van der Waals surface area contributed by atoms with Gasteiger partial charge in [-0.15, -0.1) is 0 Å². The lowest BCUT2D eigenvalue weighted by Gasteiger charge is -2.31. The lowest BCUT2D eigenvalue weighted by molar-refractivity contribution is 0.182. The summed E-state index contributed by atoms with van der Waals surface area (Å²) in [6, 6.07) is 8.92. The number of likely N-dealkylation sites (tertiary alicyclic amines) is 1. The van der Waals surface area contributed by atoms with E-state index in [1.54, 1.807) is 24.3 Å². The van der Waals surface area contributed by atoms with Crippen LogP contribution in [0.2, 0.25) is 0 Å². The van der Waals surface area contributed by atoms with Crippen molar-refractivity contribution < 1.29 is 4.79 Å². The molecule has 1 aliphatic rings. The minimum Gasteiger partial charge on any atom is -0.325 e. The number of hydrogen-bond acceptors (Lipinski definition) is 3. The highest BCUT2D eigenvalue weighted by molar-refractivity contribution is 5.89. The number of anilines is 1. The zero-order valence-corrected chi connectivity index (χ0v) is 11.7. The van der Waals surface area contributed by atoms with E-state index < -0.39 is 0 Å². The van der Waals surface area contributed by atoms with Gasteiger partial charge in [0.1, 0.15) is 0 Å². The number of carbonyl (C=O) groups is 1. The Balaban J connectivity index is 1.84. The number of hydrogen-bond donors (Lipinski definition) is 2. The highest BCUT2D eigenvalue weighted by Crippen LogP contribution is 2.17. The summed E-state index contributed by atoms with van der Waals surface area (Å²) < 4.78 is 0. The van der Waals surface area contributed by atoms with E-state index in [-0.39, 0.29) is 6.03 Å². The van der Waals surface area contributed by atoms with Gasteiger partial charge < -0.3 is 15.5 Å². The monoisotopic (exact) mass is 272 g/mol. The van der Waals surface area contributed by atoms with Crippen LogP contribution >= 0.6 is 0 Å². The molecule has 2 amide bonds. The summed E-state index contributed by atoms with van der Waals surface area (Å²) >= 11 is 0. The maximum atomic E-state index is 12.1. The van der Waals surface area contributed by atoms with E-state index in [4.69, 9.17) is 5.26 Å². The zero-order valence-electron chi connectivity index (χ0n) is 11.7. The average Bonchev–Trinajstić information content (AvgIpc) is 2.49. The third kappa shape index (κ3) is 3.72. The summed E-state index contributed by atoms with van der Waals surface area (Å²) in [6.45, 7) is 2.62. The molecule has 2 rings (SSSR count). The molecule has 0 saturated carbocycles. The SMILES string of the molecule is CNCC1CCN(C(=O)Nc2ccc(C#N)cc2)CC1.